The Morgan fingerprint density at radius 3 is 2.56 bits per heavy atom. The van der Waals surface area contributed by atoms with Gasteiger partial charge in [-0.25, -0.2) is 0 Å². The van der Waals surface area contributed by atoms with Crippen molar-refractivity contribution in [3.8, 4) is 12.1 Å². The van der Waals surface area contributed by atoms with Gasteiger partial charge in [-0.15, -0.1) is 0 Å². The number of nitrogens with one attached hydrogen (secondary N) is 1. The van der Waals surface area contributed by atoms with Gasteiger partial charge in [0.2, 0.25) is 0 Å². The SMILES string of the molecule is C=C/C=C\C(C#N)=C(/C)N1CC(CC#N)(N2CCC(NC3CC3c3ccccc3)CC2)C1. The number of benzene rings is 1. The van der Waals surface area contributed by atoms with Crippen LogP contribution in [0.4, 0.5) is 0 Å². The number of rotatable bonds is 8. The molecule has 5 nitrogen and oxygen atoms in total. The average molecular weight is 428 g/mol. The summed E-state index contributed by atoms with van der Waals surface area (Å²) < 4.78 is 0. The van der Waals surface area contributed by atoms with Gasteiger partial charge in [-0.1, -0.05) is 49.1 Å². The van der Waals surface area contributed by atoms with Crippen molar-refractivity contribution in [2.45, 2.75) is 56.1 Å². The molecule has 0 bridgehead atoms. The number of piperidine rings is 1. The molecule has 0 radical (unpaired) electrons. The van der Waals surface area contributed by atoms with Gasteiger partial charge in [0.05, 0.1) is 23.6 Å². The Balaban J connectivity index is 1.31. The first-order valence-corrected chi connectivity index (χ1v) is 11.7. The van der Waals surface area contributed by atoms with E-state index in [0.717, 1.165) is 44.7 Å². The van der Waals surface area contributed by atoms with Gasteiger partial charge in [0.15, 0.2) is 0 Å². The number of likely N-dealkylation sites (tertiary alicyclic amines) is 2. The van der Waals surface area contributed by atoms with Crippen LogP contribution >= 0.6 is 0 Å². The van der Waals surface area contributed by atoms with Crippen molar-refractivity contribution in [2.75, 3.05) is 26.2 Å². The van der Waals surface area contributed by atoms with Crippen LogP contribution in [-0.2, 0) is 0 Å². The highest BCUT2D eigenvalue weighted by atomic mass is 15.4. The largest absolute Gasteiger partial charge is 0.370 e. The van der Waals surface area contributed by atoms with Crippen molar-refractivity contribution in [3.05, 3.63) is 72.0 Å². The summed E-state index contributed by atoms with van der Waals surface area (Å²) in [5, 5.41) is 22.9. The number of allylic oxidation sites excluding steroid dienone is 5. The lowest BCUT2D eigenvalue weighted by Gasteiger charge is -2.57. The summed E-state index contributed by atoms with van der Waals surface area (Å²) in [5.41, 5.74) is 3.01. The summed E-state index contributed by atoms with van der Waals surface area (Å²) in [6.07, 6.45) is 9.33. The van der Waals surface area contributed by atoms with Crippen LogP contribution in [-0.4, -0.2) is 53.6 Å². The van der Waals surface area contributed by atoms with E-state index in [-0.39, 0.29) is 5.54 Å². The maximum absolute atomic E-state index is 9.52. The van der Waals surface area contributed by atoms with Crippen LogP contribution in [0.5, 0.6) is 0 Å². The average Bonchev–Trinajstić information content (AvgIpc) is 3.56. The summed E-state index contributed by atoms with van der Waals surface area (Å²) in [5.74, 6) is 0.665. The number of hydrogen-bond donors (Lipinski definition) is 1. The zero-order chi connectivity index (χ0) is 22.6. The second-order valence-electron chi connectivity index (χ2n) is 9.41. The second-order valence-corrected chi connectivity index (χ2v) is 9.41. The topological polar surface area (TPSA) is 66.1 Å². The summed E-state index contributed by atoms with van der Waals surface area (Å²) in [4.78, 5) is 4.77. The summed E-state index contributed by atoms with van der Waals surface area (Å²) in [6, 6.07) is 16.7. The monoisotopic (exact) mass is 427 g/mol. The highest BCUT2D eigenvalue weighted by molar-refractivity contribution is 5.39. The molecule has 1 aliphatic carbocycles. The van der Waals surface area contributed by atoms with Crippen LogP contribution in [0.25, 0.3) is 0 Å². The molecule has 1 aromatic rings. The van der Waals surface area contributed by atoms with Gasteiger partial charge in [0, 0.05) is 49.9 Å². The van der Waals surface area contributed by atoms with Gasteiger partial charge in [-0.05, 0) is 37.8 Å². The zero-order valence-electron chi connectivity index (χ0n) is 19.0. The third kappa shape index (κ3) is 4.65. The van der Waals surface area contributed by atoms with Gasteiger partial charge in [-0.2, -0.15) is 10.5 Å². The Labute approximate surface area is 192 Å². The normalized spacial score (nSPS) is 26.0. The molecule has 2 atom stereocenters. The molecule has 2 aliphatic heterocycles. The molecule has 5 heteroatoms. The fourth-order valence-corrected chi connectivity index (χ4v) is 5.32. The van der Waals surface area contributed by atoms with Crippen LogP contribution in [0.2, 0.25) is 0 Å². The van der Waals surface area contributed by atoms with E-state index < -0.39 is 0 Å². The van der Waals surface area contributed by atoms with E-state index in [0.29, 0.717) is 30.0 Å². The Morgan fingerprint density at radius 1 is 1.22 bits per heavy atom. The third-order valence-corrected chi connectivity index (χ3v) is 7.40. The van der Waals surface area contributed by atoms with Crippen molar-refractivity contribution in [1.82, 2.24) is 15.1 Å². The predicted octanol–water partition coefficient (Wildman–Crippen LogP) is 4.10. The van der Waals surface area contributed by atoms with Crippen LogP contribution in [0.15, 0.2) is 66.4 Å². The van der Waals surface area contributed by atoms with Crippen molar-refractivity contribution in [2.24, 2.45) is 0 Å². The Kier molecular flexibility index (Phi) is 6.80. The lowest BCUT2D eigenvalue weighted by Crippen LogP contribution is -2.70. The number of hydrogen-bond acceptors (Lipinski definition) is 5. The molecular formula is C27H33N5. The predicted molar refractivity (Wildman–Crippen MR) is 128 cm³/mol. The molecule has 3 aliphatic rings. The standard InChI is InChI=1S/C27H33N5/c1-3-4-8-23(18-29)21(2)31-19-27(20-31,13-14-28)32-15-11-24(12-16-32)30-26-17-25(26)22-9-6-5-7-10-22/h3-10,24-26,30H,1,11-13,15-17,19-20H2,2H3/b8-4-,23-21-. The molecule has 2 heterocycles. The van der Waals surface area contributed by atoms with Gasteiger partial charge in [0.1, 0.15) is 6.07 Å². The fourth-order valence-electron chi connectivity index (χ4n) is 5.32. The van der Waals surface area contributed by atoms with E-state index in [1.54, 1.807) is 12.2 Å². The highest BCUT2D eigenvalue weighted by Crippen LogP contribution is 2.42. The molecule has 166 valence electrons. The Hall–Kier alpha value is -2.86. The van der Waals surface area contributed by atoms with E-state index in [2.05, 4.69) is 64.2 Å². The molecule has 1 aromatic carbocycles. The molecule has 1 N–H and O–H groups in total. The molecule has 3 fully saturated rings. The minimum Gasteiger partial charge on any atom is -0.370 e. The van der Waals surface area contributed by atoms with Gasteiger partial charge >= 0.3 is 0 Å². The van der Waals surface area contributed by atoms with E-state index >= 15 is 0 Å². The quantitative estimate of drug-likeness (QED) is 0.500. The van der Waals surface area contributed by atoms with E-state index in [4.69, 9.17) is 0 Å². The van der Waals surface area contributed by atoms with Crippen LogP contribution in [0.1, 0.15) is 44.1 Å². The number of nitrogens with zero attached hydrogens (tertiary/aromatic N) is 4. The Morgan fingerprint density at radius 2 is 1.94 bits per heavy atom. The van der Waals surface area contributed by atoms with Crippen LogP contribution in [0, 0.1) is 22.7 Å². The first-order chi connectivity index (χ1) is 15.6. The molecule has 0 spiro atoms. The van der Waals surface area contributed by atoms with Crippen LogP contribution in [0.3, 0.4) is 0 Å². The van der Waals surface area contributed by atoms with E-state index in [9.17, 15) is 10.5 Å². The van der Waals surface area contributed by atoms with E-state index in [1.807, 2.05) is 13.0 Å². The minimum atomic E-state index is -0.0874. The molecule has 0 amide bonds. The molecule has 2 saturated heterocycles. The molecule has 4 rings (SSSR count). The fraction of sp³-hybridized carbons (Fsp3) is 0.481. The Bertz CT molecular complexity index is 950. The molecule has 2 unspecified atom stereocenters. The maximum atomic E-state index is 9.52. The summed E-state index contributed by atoms with van der Waals surface area (Å²) in [6.45, 7) is 9.37. The lowest BCUT2D eigenvalue weighted by atomic mass is 9.82. The van der Waals surface area contributed by atoms with Crippen molar-refractivity contribution < 1.29 is 0 Å². The first-order valence-electron chi connectivity index (χ1n) is 11.7. The lowest BCUT2D eigenvalue weighted by molar-refractivity contribution is -0.0476. The minimum absolute atomic E-state index is 0.0874. The van der Waals surface area contributed by atoms with E-state index in [1.165, 1.54) is 12.0 Å². The first kappa shape index (κ1) is 22.3. The summed E-state index contributed by atoms with van der Waals surface area (Å²) >= 11 is 0. The zero-order valence-corrected chi connectivity index (χ0v) is 19.0. The molecule has 0 aromatic heterocycles. The smallest absolute Gasteiger partial charge is 0.101 e. The second kappa shape index (κ2) is 9.74. The van der Waals surface area contributed by atoms with Crippen molar-refractivity contribution in [3.63, 3.8) is 0 Å². The highest BCUT2D eigenvalue weighted by Gasteiger charge is 2.49. The maximum Gasteiger partial charge on any atom is 0.101 e. The number of nitriles is 2. The molecule has 32 heavy (non-hydrogen) atoms. The van der Waals surface area contributed by atoms with Crippen LogP contribution < -0.4 is 5.32 Å². The van der Waals surface area contributed by atoms with Gasteiger partial charge in [0.25, 0.3) is 0 Å². The third-order valence-electron chi connectivity index (χ3n) is 7.40. The van der Waals surface area contributed by atoms with Gasteiger partial charge in [-0.3, -0.25) is 4.90 Å². The van der Waals surface area contributed by atoms with Gasteiger partial charge < -0.3 is 10.2 Å². The summed E-state index contributed by atoms with van der Waals surface area (Å²) in [7, 11) is 0. The van der Waals surface area contributed by atoms with Crippen molar-refractivity contribution in [1.29, 1.82) is 10.5 Å². The molecule has 1 saturated carbocycles. The molecular weight excluding hydrogens is 394 g/mol. The van der Waals surface area contributed by atoms with Crippen molar-refractivity contribution >= 4 is 0 Å².